The molecule has 4 aliphatic rings. The van der Waals surface area contributed by atoms with Crippen molar-refractivity contribution in [2.24, 2.45) is 0 Å². The lowest BCUT2D eigenvalue weighted by Crippen LogP contribution is -2.49. The Morgan fingerprint density at radius 2 is 1.82 bits per heavy atom. The number of aromatic nitrogens is 1. The van der Waals surface area contributed by atoms with Gasteiger partial charge in [0.15, 0.2) is 0 Å². The second-order valence-electron chi connectivity index (χ2n) is 8.34. The van der Waals surface area contributed by atoms with E-state index < -0.39 is 0 Å². The molecule has 0 radical (unpaired) electrons. The maximum Gasteiger partial charge on any atom is 0.320 e. The quantitative estimate of drug-likeness (QED) is 0.771. The standard InChI is InChI=1S/C20H30N4O3S/c25-20(23-10-12-26-13-11-23)24-9-6-17-18(14-24)28-19(21-17)27-16-4-7-22(8-5-16)15-2-1-3-15/h15-16H,1-14H2. The number of morpholine rings is 1. The van der Waals surface area contributed by atoms with Gasteiger partial charge in [-0.3, -0.25) is 0 Å². The van der Waals surface area contributed by atoms with Gasteiger partial charge in [-0.1, -0.05) is 17.8 Å². The van der Waals surface area contributed by atoms with E-state index in [2.05, 4.69) is 4.90 Å². The number of hydrogen-bond donors (Lipinski definition) is 0. The van der Waals surface area contributed by atoms with Gasteiger partial charge in [-0.2, -0.15) is 0 Å². The topological polar surface area (TPSA) is 58.1 Å². The van der Waals surface area contributed by atoms with E-state index >= 15 is 0 Å². The summed E-state index contributed by atoms with van der Waals surface area (Å²) >= 11 is 1.64. The lowest BCUT2D eigenvalue weighted by molar-refractivity contribution is 0.0422. The molecule has 2 amide bonds. The number of piperidine rings is 1. The molecule has 0 aromatic carbocycles. The first-order valence-electron chi connectivity index (χ1n) is 10.8. The summed E-state index contributed by atoms with van der Waals surface area (Å²) in [5.74, 6) is 0. The molecule has 0 bridgehead atoms. The summed E-state index contributed by atoms with van der Waals surface area (Å²) in [6.45, 7) is 6.38. The zero-order valence-corrected chi connectivity index (χ0v) is 17.3. The summed E-state index contributed by atoms with van der Waals surface area (Å²) < 4.78 is 11.6. The zero-order valence-electron chi connectivity index (χ0n) is 16.5. The van der Waals surface area contributed by atoms with Crippen molar-refractivity contribution in [1.29, 1.82) is 0 Å². The van der Waals surface area contributed by atoms with E-state index in [1.807, 2.05) is 9.80 Å². The highest BCUT2D eigenvalue weighted by Gasteiger charge is 2.31. The maximum absolute atomic E-state index is 12.7. The molecule has 0 spiro atoms. The van der Waals surface area contributed by atoms with Crippen molar-refractivity contribution < 1.29 is 14.3 Å². The van der Waals surface area contributed by atoms with Crippen molar-refractivity contribution in [3.63, 3.8) is 0 Å². The minimum Gasteiger partial charge on any atom is -0.467 e. The molecular formula is C20H30N4O3S. The van der Waals surface area contributed by atoms with Gasteiger partial charge < -0.3 is 24.2 Å². The third-order valence-electron chi connectivity index (χ3n) is 6.60. The molecule has 28 heavy (non-hydrogen) atoms. The Bertz CT molecular complexity index is 694. The predicted molar refractivity (Wildman–Crippen MR) is 107 cm³/mol. The minimum absolute atomic E-state index is 0.133. The van der Waals surface area contributed by atoms with Crippen molar-refractivity contribution >= 4 is 17.4 Å². The van der Waals surface area contributed by atoms with Gasteiger partial charge in [-0.05, 0) is 25.7 Å². The van der Waals surface area contributed by atoms with Crippen LogP contribution in [0.15, 0.2) is 0 Å². The number of carbonyl (C=O) groups is 1. The molecule has 0 atom stereocenters. The molecule has 4 heterocycles. The molecule has 5 rings (SSSR count). The van der Waals surface area contributed by atoms with E-state index in [4.69, 9.17) is 14.5 Å². The summed E-state index contributed by atoms with van der Waals surface area (Å²) in [4.78, 5) is 25.2. The van der Waals surface area contributed by atoms with Crippen LogP contribution in [0.5, 0.6) is 5.19 Å². The number of urea groups is 1. The Balaban J connectivity index is 1.15. The van der Waals surface area contributed by atoms with Crippen molar-refractivity contribution in [3.05, 3.63) is 10.6 Å². The normalized spacial score (nSPS) is 24.7. The van der Waals surface area contributed by atoms with Gasteiger partial charge in [-0.25, -0.2) is 9.78 Å². The lowest BCUT2D eigenvalue weighted by atomic mass is 9.90. The number of fused-ring (bicyclic) bond motifs is 1. The van der Waals surface area contributed by atoms with Crippen molar-refractivity contribution in [1.82, 2.24) is 19.7 Å². The van der Waals surface area contributed by atoms with Gasteiger partial charge in [0.05, 0.1) is 30.3 Å². The van der Waals surface area contributed by atoms with Gasteiger partial charge in [0.2, 0.25) is 0 Å². The van der Waals surface area contributed by atoms with Crippen LogP contribution < -0.4 is 4.74 Å². The molecule has 0 unspecified atom stereocenters. The van der Waals surface area contributed by atoms with Crippen LogP contribution in [0.2, 0.25) is 0 Å². The molecule has 7 nitrogen and oxygen atoms in total. The summed E-state index contributed by atoms with van der Waals surface area (Å²) in [6, 6.07) is 0.969. The molecule has 154 valence electrons. The number of rotatable bonds is 3. The molecule has 1 saturated carbocycles. The molecule has 8 heteroatoms. The average molecular weight is 407 g/mol. The van der Waals surface area contributed by atoms with Crippen LogP contribution in [-0.4, -0.2) is 83.8 Å². The third-order valence-corrected chi connectivity index (χ3v) is 7.57. The SMILES string of the molecule is O=C(N1CCOCC1)N1CCc2nc(OC3CCN(C4CCC4)CC3)sc2C1. The Kier molecular flexibility index (Phi) is 5.43. The van der Waals surface area contributed by atoms with E-state index in [1.54, 1.807) is 11.3 Å². The number of hydrogen-bond acceptors (Lipinski definition) is 6. The number of amides is 2. The highest BCUT2D eigenvalue weighted by atomic mass is 32.1. The second kappa shape index (κ2) is 8.16. The van der Waals surface area contributed by atoms with Gasteiger partial charge in [0.1, 0.15) is 6.10 Å². The number of thiazole rings is 1. The number of ether oxygens (including phenoxy) is 2. The Morgan fingerprint density at radius 1 is 1.04 bits per heavy atom. The molecule has 1 aromatic heterocycles. The smallest absolute Gasteiger partial charge is 0.320 e. The summed E-state index contributed by atoms with van der Waals surface area (Å²) in [7, 11) is 0. The molecule has 2 saturated heterocycles. The first kappa shape index (κ1) is 18.6. The summed E-state index contributed by atoms with van der Waals surface area (Å²) in [6.07, 6.45) is 7.47. The van der Waals surface area contributed by atoms with Gasteiger partial charge in [0, 0.05) is 45.2 Å². The highest BCUT2D eigenvalue weighted by Crippen LogP contribution is 2.33. The fourth-order valence-electron chi connectivity index (χ4n) is 4.59. The minimum atomic E-state index is 0.133. The first-order chi connectivity index (χ1) is 13.8. The van der Waals surface area contributed by atoms with Gasteiger partial charge in [-0.15, -0.1) is 0 Å². The van der Waals surface area contributed by atoms with Crippen LogP contribution in [0.3, 0.4) is 0 Å². The van der Waals surface area contributed by atoms with Crippen LogP contribution in [0, 0.1) is 0 Å². The van der Waals surface area contributed by atoms with Crippen molar-refractivity contribution in [2.75, 3.05) is 45.9 Å². The monoisotopic (exact) mass is 406 g/mol. The van der Waals surface area contributed by atoms with Crippen LogP contribution in [-0.2, 0) is 17.7 Å². The number of nitrogens with zero attached hydrogens (tertiary/aromatic N) is 4. The fourth-order valence-corrected chi connectivity index (χ4v) is 5.63. The average Bonchev–Trinajstić information content (AvgIpc) is 3.09. The molecule has 0 N–H and O–H groups in total. The third kappa shape index (κ3) is 3.86. The van der Waals surface area contributed by atoms with Gasteiger partial charge in [0.25, 0.3) is 5.19 Å². The van der Waals surface area contributed by atoms with Crippen LogP contribution >= 0.6 is 11.3 Å². The van der Waals surface area contributed by atoms with Crippen LogP contribution in [0.1, 0.15) is 42.7 Å². The predicted octanol–water partition coefficient (Wildman–Crippen LogP) is 2.35. The lowest BCUT2D eigenvalue weighted by Gasteiger charge is -2.41. The highest BCUT2D eigenvalue weighted by molar-refractivity contribution is 7.13. The maximum atomic E-state index is 12.7. The summed E-state index contributed by atoms with van der Waals surface area (Å²) in [5.41, 5.74) is 1.12. The van der Waals surface area contributed by atoms with E-state index in [9.17, 15) is 4.79 Å². The summed E-state index contributed by atoms with van der Waals surface area (Å²) in [5, 5.41) is 0.799. The van der Waals surface area contributed by atoms with E-state index in [0.29, 0.717) is 32.8 Å². The molecule has 3 aliphatic heterocycles. The van der Waals surface area contributed by atoms with E-state index in [1.165, 1.54) is 24.1 Å². The second-order valence-corrected chi connectivity index (χ2v) is 9.39. The van der Waals surface area contributed by atoms with Crippen molar-refractivity contribution in [3.8, 4) is 5.19 Å². The molecule has 1 aromatic rings. The zero-order chi connectivity index (χ0) is 18.9. The molecule has 1 aliphatic carbocycles. The van der Waals surface area contributed by atoms with E-state index in [-0.39, 0.29) is 12.1 Å². The van der Waals surface area contributed by atoms with E-state index in [0.717, 1.165) is 55.8 Å². The van der Waals surface area contributed by atoms with Crippen molar-refractivity contribution in [2.45, 2.75) is 57.2 Å². The Morgan fingerprint density at radius 3 is 2.54 bits per heavy atom. The number of carbonyl (C=O) groups excluding carboxylic acids is 1. The number of likely N-dealkylation sites (tertiary alicyclic amines) is 1. The first-order valence-corrected chi connectivity index (χ1v) is 11.6. The van der Waals surface area contributed by atoms with Gasteiger partial charge >= 0.3 is 6.03 Å². The molecular weight excluding hydrogens is 376 g/mol. The van der Waals surface area contributed by atoms with Crippen LogP contribution in [0.4, 0.5) is 4.79 Å². The van der Waals surface area contributed by atoms with Crippen LogP contribution in [0.25, 0.3) is 0 Å². The largest absolute Gasteiger partial charge is 0.467 e. The molecule has 3 fully saturated rings. The Hall–Kier alpha value is -1.38. The Labute approximate surface area is 170 Å². The fraction of sp³-hybridized carbons (Fsp3) is 0.800.